The Balaban J connectivity index is 1.53. The third kappa shape index (κ3) is 4.39. The van der Waals surface area contributed by atoms with Crippen LogP contribution in [0.1, 0.15) is 38.2 Å². The largest absolute Gasteiger partial charge is 0.381 e. The summed E-state index contributed by atoms with van der Waals surface area (Å²) in [6.45, 7) is 7.04. The molecular weight excluding hydrogens is 320 g/mol. The molecule has 0 aliphatic carbocycles. The highest BCUT2D eigenvalue weighted by atomic mass is 16.5. The van der Waals surface area contributed by atoms with Gasteiger partial charge in [-0.15, -0.1) is 0 Å². The van der Waals surface area contributed by atoms with Gasteiger partial charge in [0.1, 0.15) is 0 Å². The number of rotatable bonds is 5. The summed E-state index contributed by atoms with van der Waals surface area (Å²) in [4.78, 5) is 28.6. The lowest BCUT2D eigenvalue weighted by Crippen LogP contribution is -2.49. The van der Waals surface area contributed by atoms with Crippen LogP contribution >= 0.6 is 0 Å². The number of aromatic nitrogens is 2. The van der Waals surface area contributed by atoms with E-state index in [-0.39, 0.29) is 23.9 Å². The molecule has 1 unspecified atom stereocenters. The number of nitrogens with zero attached hydrogens (tertiary/aromatic N) is 4. The molecule has 1 atom stereocenters. The van der Waals surface area contributed by atoms with Crippen LogP contribution in [-0.4, -0.2) is 69.8 Å². The van der Waals surface area contributed by atoms with Crippen molar-refractivity contribution in [3.8, 4) is 0 Å². The van der Waals surface area contributed by atoms with Crippen LogP contribution in [0.3, 0.4) is 0 Å². The zero-order valence-corrected chi connectivity index (χ0v) is 15.2. The Morgan fingerprint density at radius 2 is 2.04 bits per heavy atom. The molecule has 0 radical (unpaired) electrons. The molecule has 2 saturated heterocycles. The van der Waals surface area contributed by atoms with E-state index in [4.69, 9.17) is 4.74 Å². The fraction of sp³-hybridized carbons (Fsp3) is 0.722. The van der Waals surface area contributed by atoms with Crippen molar-refractivity contribution in [3.05, 3.63) is 18.0 Å². The highest BCUT2D eigenvalue weighted by Gasteiger charge is 2.35. The number of aryl methyl sites for hydroxylation is 2. The maximum Gasteiger partial charge on any atom is 0.224 e. The Morgan fingerprint density at radius 1 is 1.28 bits per heavy atom. The van der Waals surface area contributed by atoms with Gasteiger partial charge in [0.15, 0.2) is 0 Å². The lowest BCUT2D eigenvalue weighted by Gasteiger charge is -2.37. The summed E-state index contributed by atoms with van der Waals surface area (Å²) in [6, 6.07) is 0.384. The molecule has 138 valence electrons. The van der Waals surface area contributed by atoms with Crippen LogP contribution < -0.4 is 0 Å². The average molecular weight is 348 g/mol. The standard InChI is InChI=1S/C18H28N4O3/c1-14-11-19-21(12-14)8-4-18(24)20-7-3-17(13-20)22(15(2)23)16-5-9-25-10-6-16/h11-12,16-17H,3-10,13H2,1-2H3. The van der Waals surface area contributed by atoms with E-state index in [1.807, 2.05) is 27.6 Å². The van der Waals surface area contributed by atoms with E-state index in [0.29, 0.717) is 32.7 Å². The number of likely N-dealkylation sites (tertiary alicyclic amines) is 1. The first-order valence-corrected chi connectivity index (χ1v) is 9.18. The average Bonchev–Trinajstić information content (AvgIpc) is 3.23. The van der Waals surface area contributed by atoms with E-state index in [0.717, 1.165) is 31.4 Å². The van der Waals surface area contributed by atoms with E-state index >= 15 is 0 Å². The number of amides is 2. The van der Waals surface area contributed by atoms with Crippen LogP contribution in [-0.2, 0) is 20.9 Å². The molecule has 3 heterocycles. The number of hydrogen-bond acceptors (Lipinski definition) is 4. The lowest BCUT2D eigenvalue weighted by molar-refractivity contribution is -0.137. The van der Waals surface area contributed by atoms with E-state index in [2.05, 4.69) is 5.10 Å². The van der Waals surface area contributed by atoms with Gasteiger partial charge in [0, 0.05) is 58.4 Å². The number of carbonyl (C=O) groups is 2. The number of ether oxygens (including phenoxy) is 1. The lowest BCUT2D eigenvalue weighted by atomic mass is 10.0. The van der Waals surface area contributed by atoms with Gasteiger partial charge in [-0.25, -0.2) is 0 Å². The van der Waals surface area contributed by atoms with Gasteiger partial charge in [0.2, 0.25) is 11.8 Å². The molecule has 2 fully saturated rings. The van der Waals surface area contributed by atoms with Crippen molar-refractivity contribution in [1.82, 2.24) is 19.6 Å². The Bertz CT molecular complexity index is 609. The van der Waals surface area contributed by atoms with E-state index < -0.39 is 0 Å². The van der Waals surface area contributed by atoms with Gasteiger partial charge in [0.05, 0.1) is 12.2 Å². The van der Waals surface area contributed by atoms with Crippen LogP contribution in [0.5, 0.6) is 0 Å². The molecule has 3 rings (SSSR count). The molecule has 0 N–H and O–H groups in total. The summed E-state index contributed by atoms with van der Waals surface area (Å²) >= 11 is 0. The number of carbonyl (C=O) groups excluding carboxylic acids is 2. The topological polar surface area (TPSA) is 67.7 Å². The zero-order valence-electron chi connectivity index (χ0n) is 15.2. The molecule has 2 aliphatic rings. The summed E-state index contributed by atoms with van der Waals surface area (Å²) in [6.07, 6.45) is 6.85. The minimum absolute atomic E-state index is 0.109. The molecule has 0 aromatic carbocycles. The van der Waals surface area contributed by atoms with Crippen molar-refractivity contribution in [1.29, 1.82) is 0 Å². The SMILES string of the molecule is CC(=O)N(C1CCOCC1)C1CCN(C(=O)CCn2cc(C)cn2)C1. The van der Waals surface area contributed by atoms with E-state index in [1.54, 1.807) is 13.1 Å². The van der Waals surface area contributed by atoms with Crippen molar-refractivity contribution in [2.24, 2.45) is 0 Å². The van der Waals surface area contributed by atoms with Crippen molar-refractivity contribution >= 4 is 11.8 Å². The first-order chi connectivity index (χ1) is 12.0. The van der Waals surface area contributed by atoms with Crippen LogP contribution in [0.15, 0.2) is 12.4 Å². The third-order valence-electron chi connectivity index (χ3n) is 5.17. The molecule has 2 amide bonds. The van der Waals surface area contributed by atoms with Crippen molar-refractivity contribution < 1.29 is 14.3 Å². The molecule has 0 bridgehead atoms. The highest BCUT2D eigenvalue weighted by molar-refractivity contribution is 5.77. The van der Waals surface area contributed by atoms with Gasteiger partial charge >= 0.3 is 0 Å². The summed E-state index contributed by atoms with van der Waals surface area (Å²) in [5.41, 5.74) is 1.10. The molecule has 1 aromatic rings. The van der Waals surface area contributed by atoms with Gasteiger partial charge in [0.25, 0.3) is 0 Å². The smallest absolute Gasteiger partial charge is 0.224 e. The molecule has 0 spiro atoms. The normalized spacial score (nSPS) is 21.5. The summed E-state index contributed by atoms with van der Waals surface area (Å²) in [5.74, 6) is 0.254. The Hall–Kier alpha value is -1.89. The van der Waals surface area contributed by atoms with Crippen LogP contribution in [0, 0.1) is 6.92 Å². The van der Waals surface area contributed by atoms with Crippen molar-refractivity contribution in [2.75, 3.05) is 26.3 Å². The quantitative estimate of drug-likeness (QED) is 0.802. The summed E-state index contributed by atoms with van der Waals surface area (Å²) in [7, 11) is 0. The summed E-state index contributed by atoms with van der Waals surface area (Å²) < 4.78 is 7.23. The van der Waals surface area contributed by atoms with Gasteiger partial charge in [-0.3, -0.25) is 14.3 Å². The fourth-order valence-corrected chi connectivity index (χ4v) is 3.93. The Labute approximate surface area is 148 Å². The molecule has 1 aromatic heterocycles. The minimum Gasteiger partial charge on any atom is -0.381 e. The second kappa shape index (κ2) is 7.99. The molecule has 2 aliphatic heterocycles. The van der Waals surface area contributed by atoms with Crippen molar-refractivity contribution in [3.63, 3.8) is 0 Å². The van der Waals surface area contributed by atoms with Crippen LogP contribution in [0.4, 0.5) is 0 Å². The monoisotopic (exact) mass is 348 g/mol. The van der Waals surface area contributed by atoms with Gasteiger partial charge in [-0.05, 0) is 31.7 Å². The summed E-state index contributed by atoms with van der Waals surface area (Å²) in [5, 5.41) is 4.22. The predicted octanol–water partition coefficient (Wildman–Crippen LogP) is 1.21. The number of hydrogen-bond donors (Lipinski definition) is 0. The maximum absolute atomic E-state index is 12.5. The second-order valence-electron chi connectivity index (χ2n) is 7.08. The fourth-order valence-electron chi connectivity index (χ4n) is 3.93. The van der Waals surface area contributed by atoms with Crippen LogP contribution in [0.2, 0.25) is 0 Å². The van der Waals surface area contributed by atoms with E-state index in [9.17, 15) is 9.59 Å². The highest BCUT2D eigenvalue weighted by Crippen LogP contribution is 2.24. The first-order valence-electron chi connectivity index (χ1n) is 9.18. The van der Waals surface area contributed by atoms with Crippen molar-refractivity contribution in [2.45, 2.75) is 58.2 Å². The Morgan fingerprint density at radius 3 is 2.68 bits per heavy atom. The second-order valence-corrected chi connectivity index (χ2v) is 7.08. The molecule has 7 heteroatoms. The van der Waals surface area contributed by atoms with Crippen LogP contribution in [0.25, 0.3) is 0 Å². The molecular formula is C18H28N4O3. The third-order valence-corrected chi connectivity index (χ3v) is 5.17. The van der Waals surface area contributed by atoms with Gasteiger partial charge in [-0.2, -0.15) is 5.10 Å². The molecule has 25 heavy (non-hydrogen) atoms. The van der Waals surface area contributed by atoms with Gasteiger partial charge in [-0.1, -0.05) is 0 Å². The minimum atomic E-state index is 0.109. The van der Waals surface area contributed by atoms with Gasteiger partial charge < -0.3 is 14.5 Å². The first kappa shape index (κ1) is 17.9. The maximum atomic E-state index is 12.5. The van der Waals surface area contributed by atoms with E-state index in [1.165, 1.54) is 0 Å². The molecule has 7 nitrogen and oxygen atoms in total. The Kier molecular flexibility index (Phi) is 5.73. The molecule has 0 saturated carbocycles. The zero-order chi connectivity index (χ0) is 17.8. The predicted molar refractivity (Wildman–Crippen MR) is 92.9 cm³/mol.